The number of amides is 2. The highest BCUT2D eigenvalue weighted by Gasteiger charge is 2.33. The number of hydrogen-bond acceptors (Lipinski definition) is 3. The van der Waals surface area contributed by atoms with E-state index >= 15 is 0 Å². The average molecular weight is 369 g/mol. The molecule has 1 aromatic carbocycles. The number of para-hydroxylation sites is 1. The van der Waals surface area contributed by atoms with E-state index < -0.39 is 6.04 Å². The van der Waals surface area contributed by atoms with Gasteiger partial charge in [0.15, 0.2) is 0 Å². The predicted octanol–water partition coefficient (Wildman–Crippen LogP) is 2.24. The van der Waals surface area contributed by atoms with Crippen molar-refractivity contribution >= 4 is 22.7 Å². The smallest absolute Gasteiger partial charge is 0.245 e. The molecule has 6 nitrogen and oxygen atoms in total. The summed E-state index contributed by atoms with van der Waals surface area (Å²) in [5, 5.41) is 4.09. The van der Waals surface area contributed by atoms with Gasteiger partial charge >= 0.3 is 0 Å². The summed E-state index contributed by atoms with van der Waals surface area (Å²) in [5.74, 6) is 0.0892. The molecule has 1 saturated heterocycles. The van der Waals surface area contributed by atoms with Crippen molar-refractivity contribution in [3.05, 3.63) is 36.0 Å². The maximum Gasteiger partial charge on any atom is 0.245 e. The van der Waals surface area contributed by atoms with Crippen LogP contribution in [0.4, 0.5) is 0 Å². The molecule has 0 radical (unpaired) electrons. The van der Waals surface area contributed by atoms with E-state index in [4.69, 9.17) is 4.74 Å². The van der Waals surface area contributed by atoms with Crippen molar-refractivity contribution in [2.75, 3.05) is 19.8 Å². The van der Waals surface area contributed by atoms with E-state index in [9.17, 15) is 9.59 Å². The number of fused-ring (bicyclic) bond motifs is 1. The number of carbonyl (C=O) groups is 2. The minimum atomic E-state index is -0.498. The Kier molecular flexibility index (Phi) is 5.16. The Morgan fingerprint density at radius 2 is 2.15 bits per heavy atom. The van der Waals surface area contributed by atoms with E-state index in [2.05, 4.69) is 22.4 Å². The van der Waals surface area contributed by atoms with Crippen LogP contribution in [-0.2, 0) is 20.7 Å². The van der Waals surface area contributed by atoms with Gasteiger partial charge in [0.25, 0.3) is 0 Å². The first-order valence-corrected chi connectivity index (χ1v) is 9.87. The fourth-order valence-electron chi connectivity index (χ4n) is 3.98. The lowest BCUT2D eigenvalue weighted by Gasteiger charge is -2.37. The topological polar surface area (TPSA) is 74.4 Å². The van der Waals surface area contributed by atoms with Crippen LogP contribution >= 0.6 is 0 Å². The molecule has 2 unspecified atom stereocenters. The molecule has 1 aliphatic carbocycles. The lowest BCUT2D eigenvalue weighted by molar-refractivity contribution is -0.144. The molecule has 2 fully saturated rings. The minimum Gasteiger partial charge on any atom is -0.377 e. The van der Waals surface area contributed by atoms with Crippen LogP contribution in [0.2, 0.25) is 0 Å². The maximum atomic E-state index is 13.0. The molecule has 1 saturated carbocycles. The Hall–Kier alpha value is -2.34. The molecule has 2 amide bonds. The van der Waals surface area contributed by atoms with Crippen LogP contribution in [0.25, 0.3) is 10.9 Å². The van der Waals surface area contributed by atoms with Crippen molar-refractivity contribution < 1.29 is 14.3 Å². The fraction of sp³-hybridized carbons (Fsp3) is 0.524. The highest BCUT2D eigenvalue weighted by molar-refractivity contribution is 5.89. The summed E-state index contributed by atoms with van der Waals surface area (Å²) in [4.78, 5) is 30.4. The molecule has 2 heterocycles. The zero-order valence-electron chi connectivity index (χ0n) is 15.7. The number of ether oxygens (including phenoxy) is 1. The van der Waals surface area contributed by atoms with Gasteiger partial charge in [0.2, 0.25) is 11.8 Å². The molecule has 0 bridgehead atoms. The molecule has 4 rings (SSSR count). The second-order valence-electron chi connectivity index (χ2n) is 7.68. The fourth-order valence-corrected chi connectivity index (χ4v) is 3.98. The number of nitrogens with zero attached hydrogens (tertiary/aromatic N) is 1. The van der Waals surface area contributed by atoms with E-state index in [1.165, 1.54) is 10.9 Å². The van der Waals surface area contributed by atoms with Gasteiger partial charge in [0.05, 0.1) is 19.3 Å². The van der Waals surface area contributed by atoms with Crippen LogP contribution in [0.15, 0.2) is 30.5 Å². The Morgan fingerprint density at radius 1 is 1.33 bits per heavy atom. The van der Waals surface area contributed by atoms with Gasteiger partial charge in [-0.05, 0) is 37.8 Å². The summed E-state index contributed by atoms with van der Waals surface area (Å²) in [6.45, 7) is 3.42. The highest BCUT2D eigenvalue weighted by Crippen LogP contribution is 2.26. The number of hydrogen-bond donors (Lipinski definition) is 2. The first-order chi connectivity index (χ1) is 13.1. The van der Waals surface area contributed by atoms with Crippen molar-refractivity contribution in [3.8, 4) is 0 Å². The second-order valence-corrected chi connectivity index (χ2v) is 7.68. The molecule has 144 valence electrons. The molecule has 1 aliphatic heterocycles. The maximum absolute atomic E-state index is 13.0. The molecule has 0 spiro atoms. The normalized spacial score (nSPS) is 21.7. The van der Waals surface area contributed by atoms with Crippen molar-refractivity contribution in [1.82, 2.24) is 15.2 Å². The first kappa shape index (κ1) is 18.0. The lowest BCUT2D eigenvalue weighted by Crippen LogP contribution is -2.56. The van der Waals surface area contributed by atoms with Gasteiger partial charge < -0.3 is 19.9 Å². The number of benzene rings is 1. The Morgan fingerprint density at radius 3 is 2.93 bits per heavy atom. The van der Waals surface area contributed by atoms with Crippen LogP contribution < -0.4 is 5.32 Å². The van der Waals surface area contributed by atoms with Crippen molar-refractivity contribution in [2.24, 2.45) is 5.92 Å². The standard InChI is InChI=1S/C21H27N3O3/c1-14(23-20(25)15-5-4-6-15)21(26)24-9-10-27-13-17(24)11-16-12-22-19-8-3-2-7-18(16)19/h2-3,7-8,12,14-15,17,22H,4-6,9-11,13H2,1H3,(H,23,25). The minimum absolute atomic E-state index is 0.0172. The number of carbonyl (C=O) groups excluding carboxylic acids is 2. The second kappa shape index (κ2) is 7.72. The Labute approximate surface area is 159 Å². The van der Waals surface area contributed by atoms with E-state index in [0.717, 1.165) is 31.2 Å². The molecule has 1 aromatic heterocycles. The van der Waals surface area contributed by atoms with Gasteiger partial charge in [-0.2, -0.15) is 0 Å². The van der Waals surface area contributed by atoms with Crippen molar-refractivity contribution in [3.63, 3.8) is 0 Å². The van der Waals surface area contributed by atoms with E-state index in [1.807, 2.05) is 23.2 Å². The third-order valence-corrected chi connectivity index (χ3v) is 5.85. The Bertz CT molecular complexity index is 827. The van der Waals surface area contributed by atoms with Gasteiger partial charge in [-0.3, -0.25) is 9.59 Å². The molecular formula is C21H27N3O3. The average Bonchev–Trinajstić information content (AvgIpc) is 3.03. The number of rotatable bonds is 5. The molecule has 2 atom stereocenters. The summed E-state index contributed by atoms with van der Waals surface area (Å²) in [6, 6.07) is 7.66. The number of H-pyrrole nitrogens is 1. The van der Waals surface area contributed by atoms with Crippen LogP contribution in [-0.4, -0.2) is 53.5 Å². The van der Waals surface area contributed by atoms with E-state index in [-0.39, 0.29) is 23.8 Å². The quantitative estimate of drug-likeness (QED) is 0.849. The monoisotopic (exact) mass is 369 g/mol. The van der Waals surface area contributed by atoms with Crippen molar-refractivity contribution in [1.29, 1.82) is 0 Å². The third kappa shape index (κ3) is 3.72. The summed E-state index contributed by atoms with van der Waals surface area (Å²) in [7, 11) is 0. The molecule has 2 aromatic rings. The third-order valence-electron chi connectivity index (χ3n) is 5.85. The van der Waals surface area contributed by atoms with Gasteiger partial charge in [-0.1, -0.05) is 24.6 Å². The predicted molar refractivity (Wildman–Crippen MR) is 103 cm³/mol. The van der Waals surface area contributed by atoms with E-state index in [0.29, 0.717) is 19.8 Å². The first-order valence-electron chi connectivity index (χ1n) is 9.87. The molecular weight excluding hydrogens is 342 g/mol. The van der Waals surface area contributed by atoms with Gasteiger partial charge in [-0.15, -0.1) is 0 Å². The van der Waals surface area contributed by atoms with Crippen molar-refractivity contribution in [2.45, 2.75) is 44.7 Å². The summed E-state index contributed by atoms with van der Waals surface area (Å²) in [5.41, 5.74) is 2.29. The summed E-state index contributed by atoms with van der Waals surface area (Å²) in [6.07, 6.45) is 5.74. The number of aromatic amines is 1. The number of aromatic nitrogens is 1. The zero-order valence-corrected chi connectivity index (χ0v) is 15.7. The van der Waals surface area contributed by atoms with Gasteiger partial charge in [-0.25, -0.2) is 0 Å². The summed E-state index contributed by atoms with van der Waals surface area (Å²) < 4.78 is 5.66. The lowest BCUT2D eigenvalue weighted by atomic mass is 9.84. The number of morpholine rings is 1. The highest BCUT2D eigenvalue weighted by atomic mass is 16.5. The van der Waals surface area contributed by atoms with Gasteiger partial charge in [0.1, 0.15) is 6.04 Å². The van der Waals surface area contributed by atoms with E-state index in [1.54, 1.807) is 6.92 Å². The molecule has 27 heavy (non-hydrogen) atoms. The molecule has 2 N–H and O–H groups in total. The van der Waals surface area contributed by atoms with Crippen LogP contribution in [0.5, 0.6) is 0 Å². The SMILES string of the molecule is CC(NC(=O)C1CCC1)C(=O)N1CCOCC1Cc1c[nH]c2ccccc12. The molecule has 6 heteroatoms. The van der Waals surface area contributed by atoms with Gasteiger partial charge in [0, 0.05) is 29.6 Å². The van der Waals surface area contributed by atoms with Crippen LogP contribution in [0.3, 0.4) is 0 Å². The van der Waals surface area contributed by atoms with Crippen LogP contribution in [0.1, 0.15) is 31.7 Å². The Balaban J connectivity index is 1.45. The zero-order chi connectivity index (χ0) is 18.8. The number of nitrogens with one attached hydrogen (secondary N) is 2. The largest absolute Gasteiger partial charge is 0.377 e. The van der Waals surface area contributed by atoms with Crippen LogP contribution in [0, 0.1) is 5.92 Å². The summed E-state index contributed by atoms with van der Waals surface area (Å²) >= 11 is 0. The molecule has 2 aliphatic rings.